The van der Waals surface area contributed by atoms with Crippen LogP contribution in [0.4, 0.5) is 5.69 Å². The first-order chi connectivity index (χ1) is 20.6. The van der Waals surface area contributed by atoms with Gasteiger partial charge in [0.2, 0.25) is 0 Å². The number of nitrogens with zero attached hydrogens (tertiary/aromatic N) is 3. The molecule has 1 aliphatic carbocycles. The van der Waals surface area contributed by atoms with Gasteiger partial charge in [0, 0.05) is 51.8 Å². The smallest absolute Gasteiger partial charge is 0.443 e. The number of rotatable bonds is 13. The molecule has 1 aromatic heterocycles. The first-order valence-electron chi connectivity index (χ1n) is 16.1. The highest BCUT2D eigenvalue weighted by Gasteiger charge is 2.65. The molecule has 2 aliphatic heterocycles. The highest BCUT2D eigenvalue weighted by molar-refractivity contribution is 6.77. The lowest BCUT2D eigenvalue weighted by Crippen LogP contribution is -2.59. The van der Waals surface area contributed by atoms with E-state index in [2.05, 4.69) is 74.5 Å². The van der Waals surface area contributed by atoms with Gasteiger partial charge in [-0.15, -0.1) is 0 Å². The van der Waals surface area contributed by atoms with Crippen LogP contribution in [0.15, 0.2) is 27.5 Å². The van der Waals surface area contributed by atoms with Crippen molar-refractivity contribution in [2.45, 2.75) is 120 Å². The zero-order valence-electron chi connectivity index (χ0n) is 27.8. The quantitative estimate of drug-likeness (QED) is 0.231. The van der Waals surface area contributed by atoms with Gasteiger partial charge in [-0.3, -0.25) is 4.52 Å². The van der Waals surface area contributed by atoms with Gasteiger partial charge in [-0.05, 0) is 55.3 Å². The summed E-state index contributed by atoms with van der Waals surface area (Å²) >= 11 is 0. The van der Waals surface area contributed by atoms with Gasteiger partial charge in [0.25, 0.3) is 0 Å². The second kappa shape index (κ2) is 12.2. The predicted octanol–water partition coefficient (Wildman–Crippen LogP) is 5.24. The summed E-state index contributed by atoms with van der Waals surface area (Å²) in [5, 5.41) is 15.2. The summed E-state index contributed by atoms with van der Waals surface area (Å²) in [5.41, 5.74) is 1.30. The van der Waals surface area contributed by atoms with Crippen LogP contribution >= 0.6 is 0 Å². The van der Waals surface area contributed by atoms with Crippen molar-refractivity contribution in [1.29, 1.82) is 0 Å². The number of carboxylic acid groups (broad SMARTS) is 1. The van der Waals surface area contributed by atoms with Crippen molar-refractivity contribution in [3.63, 3.8) is 0 Å². The van der Waals surface area contributed by atoms with Crippen LogP contribution in [0.3, 0.4) is 0 Å². The molecule has 2 aromatic rings. The molecule has 1 saturated heterocycles. The minimum atomic E-state index is -1.68. The fourth-order valence-electron chi connectivity index (χ4n) is 6.52. The zero-order valence-corrected chi connectivity index (χ0v) is 29.8. The number of benzene rings is 1. The number of fused-ring (bicyclic) bond motifs is 1. The van der Waals surface area contributed by atoms with E-state index in [9.17, 15) is 14.7 Å². The van der Waals surface area contributed by atoms with Crippen molar-refractivity contribution in [2.75, 3.05) is 31.3 Å². The Morgan fingerprint density at radius 1 is 1.18 bits per heavy atom. The van der Waals surface area contributed by atoms with Crippen LogP contribution in [0.25, 0.3) is 0 Å². The third kappa shape index (κ3) is 6.51. The van der Waals surface area contributed by atoms with Gasteiger partial charge in [0.15, 0.2) is 11.4 Å². The largest absolute Gasteiger partial charge is 0.479 e. The molecule has 3 heterocycles. The summed E-state index contributed by atoms with van der Waals surface area (Å²) in [7, 11) is -2.97. The van der Waals surface area contributed by atoms with E-state index in [-0.39, 0.29) is 25.1 Å². The number of ether oxygens (including phenoxy) is 3. The molecule has 1 saturated carbocycles. The van der Waals surface area contributed by atoms with Crippen LogP contribution in [0.5, 0.6) is 0 Å². The molecule has 2 unspecified atom stereocenters. The molecule has 44 heavy (non-hydrogen) atoms. The number of carboxylic acids is 1. The van der Waals surface area contributed by atoms with Gasteiger partial charge in [0.1, 0.15) is 6.73 Å². The van der Waals surface area contributed by atoms with E-state index in [0.29, 0.717) is 31.2 Å². The minimum absolute atomic E-state index is 0.0123. The summed E-state index contributed by atoms with van der Waals surface area (Å²) in [6.45, 7) is 19.9. The maximum atomic E-state index is 13.4. The second-order valence-corrected chi connectivity index (χ2v) is 26.8. The summed E-state index contributed by atoms with van der Waals surface area (Å²) in [4.78, 5) is 28.3. The van der Waals surface area contributed by atoms with E-state index >= 15 is 0 Å². The molecule has 0 bridgehead atoms. The Kier molecular flexibility index (Phi) is 9.15. The Labute approximate surface area is 263 Å². The molecular weight excluding hydrogens is 595 g/mol. The Bertz CT molecular complexity index is 1410. The number of aromatic nitrogens is 2. The Balaban J connectivity index is 1.48. The van der Waals surface area contributed by atoms with Crippen LogP contribution in [-0.2, 0) is 37.6 Å². The Hall–Kier alpha value is -2.26. The lowest BCUT2D eigenvalue weighted by molar-refractivity contribution is -0.146. The SMILES string of the molecule is CC(OCC1(C(=O)O)Cc2cc(C3CCOCC3)ccc2N1[C@H]1C[C@]1(C)c1noc(=O)n1COCC[Si](C)(C)C)[Si](C)(C)C. The topological polar surface area (TPSA) is 116 Å². The first kappa shape index (κ1) is 33.1. The molecule has 1 N–H and O–H groups in total. The van der Waals surface area contributed by atoms with Crippen LogP contribution in [-0.4, -0.2) is 80.7 Å². The molecule has 1 aromatic carbocycles. The fraction of sp³-hybridized carbons (Fsp3) is 0.719. The van der Waals surface area contributed by atoms with Crippen LogP contribution in [0.2, 0.25) is 45.3 Å². The van der Waals surface area contributed by atoms with Gasteiger partial charge in [-0.1, -0.05) is 63.5 Å². The molecule has 0 radical (unpaired) electrons. The molecule has 0 amide bonds. The van der Waals surface area contributed by atoms with Gasteiger partial charge in [-0.25, -0.2) is 14.2 Å². The highest BCUT2D eigenvalue weighted by atomic mass is 28.3. The number of hydrogen-bond acceptors (Lipinski definition) is 8. The van der Waals surface area contributed by atoms with Crippen molar-refractivity contribution in [3.05, 3.63) is 45.7 Å². The monoisotopic (exact) mass is 645 g/mol. The van der Waals surface area contributed by atoms with Gasteiger partial charge in [-0.2, -0.15) is 0 Å². The van der Waals surface area contributed by atoms with Crippen molar-refractivity contribution < 1.29 is 28.6 Å². The standard InChI is InChI=1S/C32H51N3O7Si2/c1-22(44(6,7)8)41-20-32(29(36)37)18-25-17-24(23-11-13-39-14-12-23)9-10-26(25)35(32)27-19-31(27,2)28-33-42-30(38)34(28)21-40-15-16-43(3,4)5/h9-10,17,22-23,27H,11-16,18-21H2,1-8H3,(H,36,37)/t22?,27-,31-,32?/m0/s1. The van der Waals surface area contributed by atoms with Crippen molar-refractivity contribution >= 4 is 27.8 Å². The lowest BCUT2D eigenvalue weighted by atomic mass is 9.89. The normalized spacial score (nSPS) is 26.5. The molecule has 0 spiro atoms. The number of anilines is 1. The van der Waals surface area contributed by atoms with E-state index in [1.54, 1.807) is 0 Å². The van der Waals surface area contributed by atoms with E-state index in [1.807, 2.05) is 6.92 Å². The number of carbonyl (C=O) groups is 1. The third-order valence-electron chi connectivity index (χ3n) is 10.1. The predicted molar refractivity (Wildman–Crippen MR) is 175 cm³/mol. The third-order valence-corrected chi connectivity index (χ3v) is 14.4. The first-order valence-corrected chi connectivity index (χ1v) is 23.3. The van der Waals surface area contributed by atoms with Gasteiger partial charge < -0.3 is 24.2 Å². The number of hydrogen-bond donors (Lipinski definition) is 1. The summed E-state index contributed by atoms with van der Waals surface area (Å²) in [6.07, 6.45) is 2.92. The van der Waals surface area contributed by atoms with Crippen molar-refractivity contribution in [1.82, 2.24) is 9.72 Å². The van der Waals surface area contributed by atoms with Gasteiger partial charge in [0.05, 0.1) is 20.1 Å². The van der Waals surface area contributed by atoms with Crippen LogP contribution in [0.1, 0.15) is 56.0 Å². The van der Waals surface area contributed by atoms with E-state index < -0.39 is 38.8 Å². The van der Waals surface area contributed by atoms with Crippen LogP contribution in [0, 0.1) is 0 Å². The maximum absolute atomic E-state index is 13.4. The number of aliphatic carboxylic acids is 1. The average molecular weight is 646 g/mol. The fourth-order valence-corrected chi connectivity index (χ4v) is 7.86. The Morgan fingerprint density at radius 3 is 2.52 bits per heavy atom. The van der Waals surface area contributed by atoms with E-state index in [0.717, 1.165) is 43.4 Å². The highest BCUT2D eigenvalue weighted by Crippen LogP contribution is 2.57. The van der Waals surface area contributed by atoms with Crippen molar-refractivity contribution in [2.24, 2.45) is 0 Å². The molecular formula is C32H51N3O7Si2. The minimum Gasteiger partial charge on any atom is -0.479 e. The summed E-state index contributed by atoms with van der Waals surface area (Å²) in [5.74, 6) is -0.546. The van der Waals surface area contributed by atoms with E-state index in [4.69, 9.17) is 18.7 Å². The summed E-state index contributed by atoms with van der Waals surface area (Å²) < 4.78 is 24.6. The molecule has 10 nitrogen and oxygen atoms in total. The average Bonchev–Trinajstić information content (AvgIpc) is 3.30. The second-order valence-electron chi connectivity index (χ2n) is 15.7. The maximum Gasteiger partial charge on any atom is 0.443 e. The van der Waals surface area contributed by atoms with Gasteiger partial charge >= 0.3 is 11.7 Å². The lowest BCUT2D eigenvalue weighted by Gasteiger charge is -2.39. The molecule has 3 aliphatic rings. The van der Waals surface area contributed by atoms with Crippen molar-refractivity contribution in [3.8, 4) is 0 Å². The molecule has 4 atom stereocenters. The molecule has 2 fully saturated rings. The zero-order chi connectivity index (χ0) is 32.1. The molecule has 244 valence electrons. The van der Waals surface area contributed by atoms with Crippen LogP contribution < -0.4 is 10.7 Å². The molecule has 12 heteroatoms. The molecule has 5 rings (SSSR count). The Morgan fingerprint density at radius 2 is 1.89 bits per heavy atom. The van der Waals surface area contributed by atoms with E-state index in [1.165, 1.54) is 10.1 Å². The summed E-state index contributed by atoms with van der Waals surface area (Å²) in [6, 6.07) is 7.24.